The van der Waals surface area contributed by atoms with Crippen molar-refractivity contribution in [2.75, 3.05) is 0 Å². The van der Waals surface area contributed by atoms with Crippen molar-refractivity contribution in [2.45, 2.75) is 24.3 Å². The van der Waals surface area contributed by atoms with Gasteiger partial charge in [0.15, 0.2) is 0 Å². The average molecular weight is 302 g/mol. The number of benzene rings is 2. The first-order valence-electron chi connectivity index (χ1n) is 6.80. The summed E-state index contributed by atoms with van der Waals surface area (Å²) in [5, 5.41) is 10.5. The van der Waals surface area contributed by atoms with E-state index in [4.69, 9.17) is 0 Å². The molecular formula is C17H18O3S. The minimum absolute atomic E-state index is 0.0300. The number of allylic oxidation sites excluding steroid dienone is 1. The predicted molar refractivity (Wildman–Crippen MR) is 83.4 cm³/mol. The van der Waals surface area contributed by atoms with E-state index in [0.717, 1.165) is 0 Å². The molecule has 0 spiro atoms. The van der Waals surface area contributed by atoms with Gasteiger partial charge in [-0.25, -0.2) is 8.42 Å². The van der Waals surface area contributed by atoms with Crippen LogP contribution in [-0.4, -0.2) is 13.5 Å². The van der Waals surface area contributed by atoms with Crippen LogP contribution in [0.5, 0.6) is 0 Å². The normalized spacial score (nSPS) is 13.9. The molecule has 0 heterocycles. The minimum atomic E-state index is -3.70. The Labute approximate surface area is 125 Å². The van der Waals surface area contributed by atoms with Crippen LogP contribution < -0.4 is 0 Å². The van der Waals surface area contributed by atoms with Gasteiger partial charge in [-0.05, 0) is 24.1 Å². The molecule has 0 unspecified atom stereocenters. The first-order chi connectivity index (χ1) is 10.1. The van der Waals surface area contributed by atoms with Gasteiger partial charge in [-0.1, -0.05) is 61.5 Å². The molecule has 0 aliphatic rings. The molecule has 21 heavy (non-hydrogen) atoms. The number of aliphatic hydroxyl groups excluding tert-OH is 1. The highest BCUT2D eigenvalue weighted by Gasteiger charge is 2.27. The van der Waals surface area contributed by atoms with Crippen LogP contribution in [0.3, 0.4) is 0 Å². The third-order valence-electron chi connectivity index (χ3n) is 3.15. The Hall–Kier alpha value is -1.91. The number of hydrogen-bond donors (Lipinski definition) is 1. The zero-order valence-electron chi connectivity index (χ0n) is 11.8. The second-order valence-corrected chi connectivity index (χ2v) is 6.59. The second-order valence-electron chi connectivity index (χ2n) is 4.64. The van der Waals surface area contributed by atoms with Crippen molar-refractivity contribution < 1.29 is 13.5 Å². The summed E-state index contributed by atoms with van der Waals surface area (Å²) in [5.41, 5.74) is 0.566. The maximum Gasteiger partial charge on any atom is 0.205 e. The Kier molecular flexibility index (Phi) is 4.94. The van der Waals surface area contributed by atoms with E-state index in [-0.39, 0.29) is 9.80 Å². The van der Waals surface area contributed by atoms with Crippen molar-refractivity contribution in [3.8, 4) is 0 Å². The Balaban J connectivity index is 2.48. The van der Waals surface area contributed by atoms with Crippen molar-refractivity contribution in [3.05, 3.63) is 77.2 Å². The lowest BCUT2D eigenvalue weighted by Crippen LogP contribution is -2.13. The molecular weight excluding hydrogens is 284 g/mol. The molecule has 2 aromatic rings. The van der Waals surface area contributed by atoms with E-state index in [0.29, 0.717) is 12.0 Å². The van der Waals surface area contributed by atoms with E-state index in [1.54, 1.807) is 48.5 Å². The first-order valence-corrected chi connectivity index (χ1v) is 8.29. The van der Waals surface area contributed by atoms with Gasteiger partial charge in [0.25, 0.3) is 0 Å². The van der Waals surface area contributed by atoms with Crippen LogP contribution >= 0.6 is 0 Å². The number of rotatable bonds is 5. The SMILES string of the molecule is CC/C=C(\[C@H](O)c1ccccc1)S(=O)(=O)c1ccccc1. The van der Waals surface area contributed by atoms with E-state index in [2.05, 4.69) is 0 Å². The fraction of sp³-hybridized carbons (Fsp3) is 0.176. The van der Waals surface area contributed by atoms with Crippen LogP contribution in [0.15, 0.2) is 76.5 Å². The third kappa shape index (κ3) is 3.40. The highest BCUT2D eigenvalue weighted by atomic mass is 32.2. The topological polar surface area (TPSA) is 54.4 Å². The molecule has 2 rings (SSSR count). The van der Waals surface area contributed by atoms with Gasteiger partial charge in [0.1, 0.15) is 6.10 Å². The van der Waals surface area contributed by atoms with E-state index in [9.17, 15) is 13.5 Å². The smallest absolute Gasteiger partial charge is 0.205 e. The summed E-state index contributed by atoms with van der Waals surface area (Å²) >= 11 is 0. The third-order valence-corrected chi connectivity index (χ3v) is 5.06. The molecule has 4 heteroatoms. The van der Waals surface area contributed by atoms with E-state index >= 15 is 0 Å². The van der Waals surface area contributed by atoms with Gasteiger partial charge in [-0.2, -0.15) is 0 Å². The molecule has 0 aliphatic carbocycles. The van der Waals surface area contributed by atoms with Crippen LogP contribution in [0.4, 0.5) is 0 Å². The standard InChI is InChI=1S/C17H18O3S/c1-2-9-16(17(18)14-10-5-3-6-11-14)21(19,20)15-12-7-4-8-13-15/h3-13,17-18H,2H2,1H3/b16-9+/t17-/m1/s1. The van der Waals surface area contributed by atoms with Crippen LogP contribution in [-0.2, 0) is 9.84 Å². The van der Waals surface area contributed by atoms with Crippen molar-refractivity contribution in [1.82, 2.24) is 0 Å². The van der Waals surface area contributed by atoms with Crippen molar-refractivity contribution in [1.29, 1.82) is 0 Å². The van der Waals surface area contributed by atoms with Crippen LogP contribution in [0.1, 0.15) is 25.0 Å². The number of hydrogen-bond acceptors (Lipinski definition) is 3. The van der Waals surface area contributed by atoms with Gasteiger partial charge in [-0.3, -0.25) is 0 Å². The summed E-state index contributed by atoms with van der Waals surface area (Å²) in [5.74, 6) is 0. The van der Waals surface area contributed by atoms with Crippen LogP contribution in [0, 0.1) is 0 Å². The average Bonchev–Trinajstić information content (AvgIpc) is 2.53. The fourth-order valence-corrected chi connectivity index (χ4v) is 3.71. The number of sulfone groups is 1. The molecule has 0 aliphatic heterocycles. The summed E-state index contributed by atoms with van der Waals surface area (Å²) in [7, 11) is -3.70. The molecule has 110 valence electrons. The Bertz CT molecular complexity index is 704. The molecule has 1 N–H and O–H groups in total. The van der Waals surface area contributed by atoms with Gasteiger partial charge in [-0.15, -0.1) is 0 Å². The zero-order chi connectivity index (χ0) is 15.3. The van der Waals surface area contributed by atoms with Gasteiger partial charge in [0, 0.05) is 0 Å². The molecule has 0 amide bonds. The van der Waals surface area contributed by atoms with Gasteiger partial charge >= 0.3 is 0 Å². The highest BCUT2D eigenvalue weighted by molar-refractivity contribution is 7.95. The molecule has 0 saturated heterocycles. The van der Waals surface area contributed by atoms with E-state index in [1.807, 2.05) is 13.0 Å². The maximum absolute atomic E-state index is 12.7. The number of aliphatic hydroxyl groups is 1. The Morgan fingerprint density at radius 3 is 2.10 bits per heavy atom. The second kappa shape index (κ2) is 6.70. The van der Waals surface area contributed by atoms with Crippen molar-refractivity contribution in [2.24, 2.45) is 0 Å². The molecule has 0 aromatic heterocycles. The largest absolute Gasteiger partial charge is 0.383 e. The summed E-state index contributed by atoms with van der Waals surface area (Å²) in [4.78, 5) is 0.224. The lowest BCUT2D eigenvalue weighted by molar-refractivity contribution is 0.223. The molecule has 0 saturated carbocycles. The lowest BCUT2D eigenvalue weighted by Gasteiger charge is -2.16. The Morgan fingerprint density at radius 1 is 1.05 bits per heavy atom. The zero-order valence-corrected chi connectivity index (χ0v) is 12.6. The molecule has 1 atom stereocenters. The monoisotopic (exact) mass is 302 g/mol. The van der Waals surface area contributed by atoms with Gasteiger partial charge in [0.2, 0.25) is 9.84 Å². The van der Waals surface area contributed by atoms with E-state index < -0.39 is 15.9 Å². The predicted octanol–water partition coefficient (Wildman–Crippen LogP) is 3.49. The molecule has 0 fully saturated rings. The molecule has 3 nitrogen and oxygen atoms in total. The molecule has 0 radical (unpaired) electrons. The van der Waals surface area contributed by atoms with Crippen LogP contribution in [0.25, 0.3) is 0 Å². The van der Waals surface area contributed by atoms with Crippen molar-refractivity contribution >= 4 is 9.84 Å². The summed E-state index contributed by atoms with van der Waals surface area (Å²) in [6, 6.07) is 17.0. The Morgan fingerprint density at radius 2 is 1.57 bits per heavy atom. The quantitative estimate of drug-likeness (QED) is 0.920. The molecule has 0 bridgehead atoms. The summed E-state index contributed by atoms with van der Waals surface area (Å²) in [6.45, 7) is 1.85. The highest BCUT2D eigenvalue weighted by Crippen LogP contribution is 2.30. The summed E-state index contributed by atoms with van der Waals surface area (Å²) < 4.78 is 25.4. The molecule has 2 aromatic carbocycles. The first kappa shape index (κ1) is 15.5. The van der Waals surface area contributed by atoms with E-state index in [1.165, 1.54) is 12.1 Å². The van der Waals surface area contributed by atoms with Crippen LogP contribution in [0.2, 0.25) is 0 Å². The maximum atomic E-state index is 12.7. The summed E-state index contributed by atoms with van der Waals surface area (Å²) in [6.07, 6.45) is 0.946. The van der Waals surface area contributed by atoms with Crippen molar-refractivity contribution in [3.63, 3.8) is 0 Å². The lowest BCUT2D eigenvalue weighted by atomic mass is 10.1. The van der Waals surface area contributed by atoms with Gasteiger partial charge < -0.3 is 5.11 Å². The van der Waals surface area contributed by atoms with Gasteiger partial charge in [0.05, 0.1) is 9.80 Å². The minimum Gasteiger partial charge on any atom is -0.383 e. The fourth-order valence-electron chi connectivity index (χ4n) is 2.10.